The van der Waals surface area contributed by atoms with Crippen molar-refractivity contribution < 1.29 is 4.74 Å². The Morgan fingerprint density at radius 1 is 1.67 bits per heavy atom. The summed E-state index contributed by atoms with van der Waals surface area (Å²) in [6.07, 6.45) is 1.18. The van der Waals surface area contributed by atoms with E-state index in [-0.39, 0.29) is 6.10 Å². The summed E-state index contributed by atoms with van der Waals surface area (Å²) < 4.78 is 5.39. The molecule has 0 spiro atoms. The zero-order valence-corrected chi connectivity index (χ0v) is 7.53. The van der Waals surface area contributed by atoms with Crippen LogP contribution < -0.4 is 11.6 Å². The smallest absolute Gasteiger partial charge is 0.213 e. The monoisotopic (exact) mass is 172 g/mol. The molecule has 1 rings (SSSR count). The first kappa shape index (κ1) is 9.12. The SMILES string of the molecule is CC1OCCC1N(C)C(N)=NN. The van der Waals surface area contributed by atoms with Crippen molar-refractivity contribution in [2.75, 3.05) is 13.7 Å². The molecule has 1 saturated heterocycles. The first-order valence-electron chi connectivity index (χ1n) is 4.04. The minimum Gasteiger partial charge on any atom is -0.376 e. The zero-order chi connectivity index (χ0) is 9.14. The van der Waals surface area contributed by atoms with Gasteiger partial charge < -0.3 is 21.2 Å². The standard InChI is InChI=1S/C7H16N4O/c1-5-6(3-4-12-5)11(2)7(8)10-9/h5-6H,3-4,9H2,1-2H3,(H2,8,10). The van der Waals surface area contributed by atoms with Crippen LogP contribution in [0, 0.1) is 0 Å². The van der Waals surface area contributed by atoms with Gasteiger partial charge in [-0.2, -0.15) is 0 Å². The fourth-order valence-corrected chi connectivity index (χ4v) is 1.49. The molecule has 0 aromatic rings. The fourth-order valence-electron chi connectivity index (χ4n) is 1.49. The number of rotatable bonds is 1. The lowest BCUT2D eigenvalue weighted by Crippen LogP contribution is -2.45. The van der Waals surface area contributed by atoms with Crippen LogP contribution in [0.2, 0.25) is 0 Å². The average Bonchev–Trinajstić information content (AvgIpc) is 2.48. The molecule has 0 radical (unpaired) electrons. The second-order valence-electron chi connectivity index (χ2n) is 3.03. The average molecular weight is 172 g/mol. The van der Waals surface area contributed by atoms with Gasteiger partial charge in [0.05, 0.1) is 12.1 Å². The summed E-state index contributed by atoms with van der Waals surface area (Å²) in [6.45, 7) is 2.81. The number of ether oxygens (including phenoxy) is 1. The Hall–Kier alpha value is -0.970. The highest BCUT2D eigenvalue weighted by molar-refractivity contribution is 5.77. The van der Waals surface area contributed by atoms with Gasteiger partial charge in [0, 0.05) is 13.7 Å². The van der Waals surface area contributed by atoms with Crippen LogP contribution in [0.4, 0.5) is 0 Å². The van der Waals surface area contributed by atoms with E-state index in [9.17, 15) is 0 Å². The largest absolute Gasteiger partial charge is 0.376 e. The zero-order valence-electron chi connectivity index (χ0n) is 7.53. The van der Waals surface area contributed by atoms with Crippen molar-refractivity contribution in [3.8, 4) is 0 Å². The number of hydrazone groups is 1. The second-order valence-corrected chi connectivity index (χ2v) is 3.03. The van der Waals surface area contributed by atoms with Crippen LogP contribution in [0.25, 0.3) is 0 Å². The van der Waals surface area contributed by atoms with Crippen molar-refractivity contribution in [2.45, 2.75) is 25.5 Å². The molecule has 0 aliphatic carbocycles. The molecular formula is C7H16N4O. The molecule has 1 aliphatic heterocycles. The van der Waals surface area contributed by atoms with Crippen LogP contribution in [0.3, 0.4) is 0 Å². The highest BCUT2D eigenvalue weighted by Gasteiger charge is 2.28. The summed E-state index contributed by atoms with van der Waals surface area (Å²) >= 11 is 0. The van der Waals surface area contributed by atoms with Gasteiger partial charge in [0.15, 0.2) is 0 Å². The minimum absolute atomic E-state index is 0.204. The molecule has 1 heterocycles. The number of hydrogen-bond donors (Lipinski definition) is 2. The number of nitrogens with zero attached hydrogens (tertiary/aromatic N) is 2. The van der Waals surface area contributed by atoms with Crippen LogP contribution in [-0.2, 0) is 4.74 Å². The predicted octanol–water partition coefficient (Wildman–Crippen LogP) is -0.716. The first-order valence-corrected chi connectivity index (χ1v) is 4.04. The molecular weight excluding hydrogens is 156 g/mol. The Bertz CT molecular complexity index is 182. The quantitative estimate of drug-likeness (QED) is 0.237. The molecule has 5 nitrogen and oxygen atoms in total. The van der Waals surface area contributed by atoms with E-state index in [4.69, 9.17) is 16.3 Å². The summed E-state index contributed by atoms with van der Waals surface area (Å²) in [7, 11) is 1.88. The summed E-state index contributed by atoms with van der Waals surface area (Å²) in [4.78, 5) is 1.86. The second kappa shape index (κ2) is 3.62. The topological polar surface area (TPSA) is 76.9 Å². The van der Waals surface area contributed by atoms with Crippen molar-refractivity contribution >= 4 is 5.96 Å². The molecule has 5 heteroatoms. The van der Waals surface area contributed by atoms with Crippen molar-refractivity contribution in [3.05, 3.63) is 0 Å². The lowest BCUT2D eigenvalue weighted by Gasteiger charge is -2.26. The molecule has 70 valence electrons. The Morgan fingerprint density at radius 2 is 2.33 bits per heavy atom. The third-order valence-electron chi connectivity index (χ3n) is 2.33. The van der Waals surface area contributed by atoms with E-state index < -0.39 is 0 Å². The Kier molecular flexibility index (Phi) is 2.75. The van der Waals surface area contributed by atoms with Crippen molar-refractivity contribution in [1.29, 1.82) is 0 Å². The van der Waals surface area contributed by atoms with Gasteiger partial charge in [-0.15, -0.1) is 5.10 Å². The highest BCUT2D eigenvalue weighted by atomic mass is 16.5. The molecule has 0 amide bonds. The maximum absolute atomic E-state index is 5.55. The van der Waals surface area contributed by atoms with Gasteiger partial charge in [-0.05, 0) is 13.3 Å². The fraction of sp³-hybridized carbons (Fsp3) is 0.857. The van der Waals surface area contributed by atoms with E-state index in [0.717, 1.165) is 13.0 Å². The Morgan fingerprint density at radius 3 is 2.75 bits per heavy atom. The highest BCUT2D eigenvalue weighted by Crippen LogP contribution is 2.17. The van der Waals surface area contributed by atoms with E-state index in [1.165, 1.54) is 0 Å². The lowest BCUT2D eigenvalue weighted by molar-refractivity contribution is 0.0996. The first-order chi connectivity index (χ1) is 5.66. The summed E-state index contributed by atoms with van der Waals surface area (Å²) in [6, 6.07) is 0.303. The van der Waals surface area contributed by atoms with Gasteiger partial charge in [0.1, 0.15) is 0 Å². The summed E-state index contributed by atoms with van der Waals surface area (Å²) in [5.41, 5.74) is 5.55. The molecule has 0 aromatic carbocycles. The molecule has 0 saturated carbocycles. The van der Waals surface area contributed by atoms with Crippen LogP contribution in [-0.4, -0.2) is 36.7 Å². The molecule has 4 N–H and O–H groups in total. The van der Waals surface area contributed by atoms with Crippen molar-refractivity contribution in [2.24, 2.45) is 16.7 Å². The van der Waals surface area contributed by atoms with E-state index in [1.54, 1.807) is 0 Å². The van der Waals surface area contributed by atoms with Gasteiger partial charge >= 0.3 is 0 Å². The molecule has 0 aromatic heterocycles. The van der Waals surface area contributed by atoms with Crippen LogP contribution in [0.5, 0.6) is 0 Å². The maximum atomic E-state index is 5.55. The summed E-state index contributed by atoms with van der Waals surface area (Å²) in [5, 5.41) is 3.43. The van der Waals surface area contributed by atoms with Gasteiger partial charge in [-0.3, -0.25) is 0 Å². The van der Waals surface area contributed by atoms with Gasteiger partial charge in [-0.1, -0.05) is 0 Å². The number of hydrogen-bond acceptors (Lipinski definition) is 3. The Labute approximate surface area is 72.3 Å². The molecule has 0 bridgehead atoms. The van der Waals surface area contributed by atoms with Crippen molar-refractivity contribution in [1.82, 2.24) is 4.90 Å². The number of likely N-dealkylation sites (N-methyl/N-ethyl adjacent to an activating group) is 1. The maximum Gasteiger partial charge on any atom is 0.213 e. The third-order valence-corrected chi connectivity index (χ3v) is 2.33. The summed E-state index contributed by atoms with van der Waals surface area (Å²) in [5.74, 6) is 5.43. The molecule has 12 heavy (non-hydrogen) atoms. The lowest BCUT2D eigenvalue weighted by atomic mass is 10.1. The predicted molar refractivity (Wildman–Crippen MR) is 47.4 cm³/mol. The van der Waals surface area contributed by atoms with Crippen LogP contribution in [0.1, 0.15) is 13.3 Å². The van der Waals surface area contributed by atoms with Crippen LogP contribution >= 0.6 is 0 Å². The van der Waals surface area contributed by atoms with E-state index in [0.29, 0.717) is 12.0 Å². The Balaban J connectivity index is 2.57. The minimum atomic E-state index is 0.204. The molecule has 1 aliphatic rings. The van der Waals surface area contributed by atoms with E-state index in [1.807, 2.05) is 18.9 Å². The van der Waals surface area contributed by atoms with Gasteiger partial charge in [-0.25, -0.2) is 0 Å². The molecule has 2 unspecified atom stereocenters. The van der Waals surface area contributed by atoms with Gasteiger partial charge in [0.2, 0.25) is 5.96 Å². The third kappa shape index (κ3) is 1.61. The number of nitrogens with two attached hydrogens (primary N) is 2. The molecule has 1 fully saturated rings. The number of guanidine groups is 1. The van der Waals surface area contributed by atoms with Gasteiger partial charge in [0.25, 0.3) is 0 Å². The van der Waals surface area contributed by atoms with E-state index >= 15 is 0 Å². The van der Waals surface area contributed by atoms with Crippen molar-refractivity contribution in [3.63, 3.8) is 0 Å². The normalized spacial score (nSPS) is 30.7. The molecule has 2 atom stereocenters. The van der Waals surface area contributed by atoms with Crippen LogP contribution in [0.15, 0.2) is 5.10 Å². The van der Waals surface area contributed by atoms with E-state index in [2.05, 4.69) is 5.10 Å².